The van der Waals surface area contributed by atoms with Crippen molar-refractivity contribution >= 4 is 19.5 Å². The number of hydrogen-bond donors (Lipinski definition) is 2. The average Bonchev–Trinajstić information content (AvgIpc) is 2.34. The molecule has 0 aromatic carbocycles. The van der Waals surface area contributed by atoms with Crippen molar-refractivity contribution in [1.82, 2.24) is 5.32 Å². The fraction of sp³-hybridized carbons (Fsp3) is 0.800. The standard InChI is InChI=1S/C10H21N2O7P.2Na/c1-8(13)9(11)10(14)12-6-4-2-3-5-7-18-19-20(15,16)17;;/h9H,2-7,11H2,1H3,(H,12,14)(H2,15,16,17);;/q;2*+1/p-2. The van der Waals surface area contributed by atoms with Crippen LogP contribution in [0.1, 0.15) is 32.6 Å². The molecule has 0 saturated heterocycles. The molecular formula is C10H19N2Na2O7P. The zero-order chi connectivity index (χ0) is 15.6. The van der Waals surface area contributed by atoms with Gasteiger partial charge >= 0.3 is 59.1 Å². The smallest absolute Gasteiger partial charge is 0.788 e. The van der Waals surface area contributed by atoms with Gasteiger partial charge < -0.3 is 25.4 Å². The summed E-state index contributed by atoms with van der Waals surface area (Å²) in [5.74, 6) is -0.899. The molecule has 118 valence electrons. The van der Waals surface area contributed by atoms with E-state index in [1.807, 2.05) is 0 Å². The van der Waals surface area contributed by atoms with Crippen LogP contribution < -0.4 is 80.0 Å². The molecule has 0 rings (SSSR count). The molecule has 12 heteroatoms. The van der Waals surface area contributed by atoms with Crippen LogP contribution in [-0.4, -0.2) is 30.9 Å². The average molecular weight is 356 g/mol. The fourth-order valence-electron chi connectivity index (χ4n) is 1.25. The molecular weight excluding hydrogens is 337 g/mol. The number of unbranched alkanes of at least 4 members (excludes halogenated alkanes) is 3. The van der Waals surface area contributed by atoms with E-state index in [4.69, 9.17) is 5.73 Å². The van der Waals surface area contributed by atoms with E-state index in [0.717, 1.165) is 6.42 Å². The summed E-state index contributed by atoms with van der Waals surface area (Å²) in [6, 6.07) is -1.13. The van der Waals surface area contributed by atoms with Crippen LogP contribution >= 0.6 is 7.82 Å². The molecule has 22 heavy (non-hydrogen) atoms. The minimum atomic E-state index is -5.07. The van der Waals surface area contributed by atoms with E-state index in [2.05, 4.69) is 14.9 Å². The molecule has 0 aliphatic carbocycles. The molecule has 0 spiro atoms. The van der Waals surface area contributed by atoms with Gasteiger partial charge in [0.05, 0.1) is 6.61 Å². The minimum absolute atomic E-state index is 0. The van der Waals surface area contributed by atoms with E-state index in [1.165, 1.54) is 6.92 Å². The quantitative estimate of drug-likeness (QED) is 0.0924. The monoisotopic (exact) mass is 356 g/mol. The Morgan fingerprint density at radius 3 is 2.23 bits per heavy atom. The van der Waals surface area contributed by atoms with Crippen molar-refractivity contribution in [2.75, 3.05) is 13.2 Å². The van der Waals surface area contributed by atoms with Gasteiger partial charge in [0.15, 0.2) is 5.78 Å². The van der Waals surface area contributed by atoms with Crippen LogP contribution in [0.25, 0.3) is 0 Å². The molecule has 1 atom stereocenters. The second-order valence-electron chi connectivity index (χ2n) is 4.14. The Kier molecular flexibility index (Phi) is 20.0. The van der Waals surface area contributed by atoms with Crippen LogP contribution in [0.3, 0.4) is 0 Å². The van der Waals surface area contributed by atoms with Crippen molar-refractivity contribution in [1.29, 1.82) is 0 Å². The molecule has 0 aliphatic rings. The molecule has 1 amide bonds. The number of nitrogens with one attached hydrogen (secondary N) is 1. The van der Waals surface area contributed by atoms with Crippen molar-refractivity contribution < 1.29 is 92.6 Å². The van der Waals surface area contributed by atoms with Crippen LogP contribution in [0.15, 0.2) is 0 Å². The predicted octanol–water partition coefficient (Wildman–Crippen LogP) is -7.64. The third-order valence-corrected chi connectivity index (χ3v) is 2.61. The second kappa shape index (κ2) is 15.7. The van der Waals surface area contributed by atoms with Crippen molar-refractivity contribution in [2.24, 2.45) is 5.73 Å². The Morgan fingerprint density at radius 2 is 1.73 bits per heavy atom. The molecule has 0 radical (unpaired) electrons. The summed E-state index contributed by atoms with van der Waals surface area (Å²) in [6.07, 6.45) is 2.66. The van der Waals surface area contributed by atoms with E-state index < -0.39 is 25.6 Å². The van der Waals surface area contributed by atoms with Gasteiger partial charge in [0, 0.05) is 6.54 Å². The van der Waals surface area contributed by atoms with E-state index in [9.17, 15) is 23.9 Å². The maximum absolute atomic E-state index is 11.3. The number of phosphoric acid groups is 1. The van der Waals surface area contributed by atoms with Crippen molar-refractivity contribution in [3.63, 3.8) is 0 Å². The van der Waals surface area contributed by atoms with Gasteiger partial charge in [-0.05, 0) is 19.8 Å². The van der Waals surface area contributed by atoms with Crippen LogP contribution in [-0.2, 0) is 23.7 Å². The first-order valence-electron chi connectivity index (χ1n) is 6.11. The van der Waals surface area contributed by atoms with Gasteiger partial charge in [-0.25, -0.2) is 9.56 Å². The Hall–Kier alpha value is 1.17. The van der Waals surface area contributed by atoms with Crippen molar-refractivity contribution in [3.8, 4) is 0 Å². The summed E-state index contributed by atoms with van der Waals surface area (Å²) in [4.78, 5) is 46.3. The third-order valence-electron chi connectivity index (χ3n) is 2.32. The van der Waals surface area contributed by atoms with Gasteiger partial charge in [-0.3, -0.25) is 9.59 Å². The van der Waals surface area contributed by atoms with Crippen LogP contribution in [0.2, 0.25) is 0 Å². The van der Waals surface area contributed by atoms with Crippen LogP contribution in [0.5, 0.6) is 0 Å². The van der Waals surface area contributed by atoms with Crippen LogP contribution in [0, 0.1) is 0 Å². The molecule has 0 saturated carbocycles. The van der Waals surface area contributed by atoms with Gasteiger partial charge in [0.2, 0.25) is 5.91 Å². The van der Waals surface area contributed by atoms with E-state index in [-0.39, 0.29) is 65.7 Å². The fourth-order valence-corrected chi connectivity index (χ4v) is 1.45. The van der Waals surface area contributed by atoms with Gasteiger partial charge in [-0.15, -0.1) is 0 Å². The Bertz CT molecular complexity index is 367. The largest absolute Gasteiger partial charge is 1.00 e. The summed E-state index contributed by atoms with van der Waals surface area (Å²) >= 11 is 0. The Morgan fingerprint density at radius 1 is 1.18 bits per heavy atom. The topological polar surface area (TPSA) is 154 Å². The molecule has 9 nitrogen and oxygen atoms in total. The van der Waals surface area contributed by atoms with Crippen molar-refractivity contribution in [3.05, 3.63) is 0 Å². The molecule has 0 bridgehead atoms. The van der Waals surface area contributed by atoms with Gasteiger partial charge in [-0.2, -0.15) is 0 Å². The number of Topliss-reactive ketones (excluding diaryl/α,β-unsaturated/α-hetero) is 1. The number of carbonyl (C=O) groups is 2. The SMILES string of the molecule is CC(=O)C(N)C(=O)NCCCCCCOOP(=O)([O-])[O-].[Na+].[Na+]. The van der Waals surface area contributed by atoms with Crippen molar-refractivity contribution in [2.45, 2.75) is 38.6 Å². The first-order valence-corrected chi connectivity index (χ1v) is 7.57. The molecule has 0 fully saturated rings. The zero-order valence-corrected chi connectivity index (χ0v) is 18.1. The second-order valence-corrected chi connectivity index (χ2v) is 5.18. The molecule has 3 N–H and O–H groups in total. The first-order chi connectivity index (χ1) is 9.24. The predicted molar refractivity (Wildman–Crippen MR) is 64.8 cm³/mol. The Balaban J connectivity index is -0.00000180. The van der Waals surface area contributed by atoms with E-state index >= 15 is 0 Å². The first kappa shape index (κ1) is 28.0. The maximum atomic E-state index is 11.3. The van der Waals surface area contributed by atoms with Gasteiger partial charge in [-0.1, -0.05) is 12.8 Å². The number of rotatable bonds is 11. The van der Waals surface area contributed by atoms with E-state index in [1.54, 1.807) is 0 Å². The molecule has 0 aromatic rings. The maximum Gasteiger partial charge on any atom is 1.00 e. The number of amides is 1. The Labute approximate surface area is 173 Å². The summed E-state index contributed by atoms with van der Waals surface area (Å²) in [5.41, 5.74) is 5.32. The third kappa shape index (κ3) is 17.5. The summed E-state index contributed by atoms with van der Waals surface area (Å²) < 4.78 is 13.6. The number of nitrogens with two attached hydrogens (primary N) is 1. The summed E-state index contributed by atoms with van der Waals surface area (Å²) in [7, 11) is -5.07. The number of hydrogen-bond acceptors (Lipinski definition) is 8. The molecule has 1 unspecified atom stereocenters. The minimum Gasteiger partial charge on any atom is -0.788 e. The van der Waals surface area contributed by atoms with E-state index in [0.29, 0.717) is 25.8 Å². The molecule has 0 aliphatic heterocycles. The molecule has 0 heterocycles. The molecule has 0 aromatic heterocycles. The van der Waals surface area contributed by atoms with Gasteiger partial charge in [0.1, 0.15) is 13.9 Å². The number of ketones is 1. The van der Waals surface area contributed by atoms with Crippen LogP contribution in [0.4, 0.5) is 0 Å². The summed E-state index contributed by atoms with van der Waals surface area (Å²) in [6.45, 7) is 1.64. The normalized spacial score (nSPS) is 11.8. The zero-order valence-electron chi connectivity index (χ0n) is 13.2. The number of carbonyl (C=O) groups excluding carboxylic acids is 2. The summed E-state index contributed by atoms with van der Waals surface area (Å²) in [5, 5.41) is 2.53. The van der Waals surface area contributed by atoms with Gasteiger partial charge in [0.25, 0.3) is 0 Å².